The summed E-state index contributed by atoms with van der Waals surface area (Å²) in [6.07, 6.45) is 3.72. The first-order valence-corrected chi connectivity index (χ1v) is 9.89. The first kappa shape index (κ1) is 21.4. The number of benzene rings is 1. The second-order valence-corrected chi connectivity index (χ2v) is 7.49. The number of hydrogen-bond acceptors (Lipinski definition) is 6. The fraction of sp³-hybridized carbons (Fsp3) is 0.409. The van der Waals surface area contributed by atoms with Gasteiger partial charge in [-0.05, 0) is 44.0 Å². The number of allylic oxidation sites excluding steroid dienone is 2. The SMILES string of the molecule is CC(=O)Nc1ccc(C(=O)[C@H](C)OC(=O)CCN2C(=O)[C@H]3CC=CC[C@H]3C2=O)cc1. The van der Waals surface area contributed by atoms with Crippen LogP contribution in [0.15, 0.2) is 36.4 Å². The molecule has 1 aliphatic heterocycles. The van der Waals surface area contributed by atoms with Gasteiger partial charge in [0.05, 0.1) is 18.3 Å². The molecule has 2 aliphatic rings. The summed E-state index contributed by atoms with van der Waals surface area (Å²) in [6.45, 7) is 2.80. The first-order chi connectivity index (χ1) is 14.3. The summed E-state index contributed by atoms with van der Waals surface area (Å²) in [4.78, 5) is 61.6. The topological polar surface area (TPSA) is 110 Å². The number of amides is 3. The van der Waals surface area contributed by atoms with E-state index in [0.717, 1.165) is 4.90 Å². The van der Waals surface area contributed by atoms with Crippen LogP contribution in [0, 0.1) is 11.8 Å². The number of rotatable bonds is 7. The molecule has 158 valence electrons. The van der Waals surface area contributed by atoms with Crippen molar-refractivity contribution >= 4 is 35.2 Å². The fourth-order valence-corrected chi connectivity index (χ4v) is 3.76. The van der Waals surface area contributed by atoms with Crippen LogP contribution in [0.2, 0.25) is 0 Å². The molecule has 8 heteroatoms. The molecule has 0 spiro atoms. The summed E-state index contributed by atoms with van der Waals surface area (Å²) in [5.41, 5.74) is 0.894. The standard InChI is InChI=1S/C22H24N2O6/c1-13(20(27)15-7-9-16(10-8-15)23-14(2)25)30-19(26)11-12-24-21(28)17-5-3-4-6-18(17)22(24)29/h3-4,7-10,13,17-18H,5-6,11-12H2,1-2H3,(H,23,25)/t13-,17-,18+/m0/s1. The van der Waals surface area contributed by atoms with Crippen molar-refractivity contribution in [1.29, 1.82) is 0 Å². The number of imide groups is 1. The van der Waals surface area contributed by atoms with Crippen LogP contribution in [0.4, 0.5) is 5.69 Å². The van der Waals surface area contributed by atoms with Crippen LogP contribution in [-0.2, 0) is 23.9 Å². The van der Waals surface area contributed by atoms with Crippen molar-refractivity contribution in [1.82, 2.24) is 4.90 Å². The van der Waals surface area contributed by atoms with Crippen LogP contribution in [0.5, 0.6) is 0 Å². The number of fused-ring (bicyclic) bond motifs is 1. The van der Waals surface area contributed by atoms with E-state index < -0.39 is 12.1 Å². The third-order valence-electron chi connectivity index (χ3n) is 5.31. The summed E-state index contributed by atoms with van der Waals surface area (Å²) in [7, 11) is 0. The first-order valence-electron chi connectivity index (χ1n) is 9.89. The number of carbonyl (C=O) groups is 5. The number of nitrogens with one attached hydrogen (secondary N) is 1. The molecule has 1 aromatic carbocycles. The maximum absolute atomic E-state index is 12.5. The lowest BCUT2D eigenvalue weighted by Gasteiger charge is -2.16. The third kappa shape index (κ3) is 4.64. The van der Waals surface area contributed by atoms with E-state index in [1.165, 1.54) is 26.0 Å². The molecule has 3 amide bonds. The van der Waals surface area contributed by atoms with Gasteiger partial charge in [0.2, 0.25) is 23.5 Å². The fourth-order valence-electron chi connectivity index (χ4n) is 3.76. The average Bonchev–Trinajstić information content (AvgIpc) is 2.96. The molecule has 1 N–H and O–H groups in total. The molecule has 0 radical (unpaired) electrons. The van der Waals surface area contributed by atoms with Crippen molar-refractivity contribution in [2.45, 2.75) is 39.2 Å². The van der Waals surface area contributed by atoms with Crippen molar-refractivity contribution < 1.29 is 28.7 Å². The molecule has 1 saturated heterocycles. The Bertz CT molecular complexity index is 879. The summed E-state index contributed by atoms with van der Waals surface area (Å²) in [5.74, 6) is -2.42. The second kappa shape index (κ2) is 9.02. The van der Waals surface area contributed by atoms with Gasteiger partial charge in [0, 0.05) is 24.7 Å². The van der Waals surface area contributed by atoms with E-state index >= 15 is 0 Å². The minimum Gasteiger partial charge on any atom is -0.454 e. The molecule has 0 bridgehead atoms. The van der Waals surface area contributed by atoms with Gasteiger partial charge < -0.3 is 10.1 Å². The molecule has 3 atom stereocenters. The Kier molecular flexibility index (Phi) is 6.44. The molecule has 0 unspecified atom stereocenters. The number of Topliss-reactive ketones (excluding diaryl/α,β-unsaturated/α-hetero) is 1. The van der Waals surface area contributed by atoms with Crippen molar-refractivity contribution in [3.05, 3.63) is 42.0 Å². The van der Waals surface area contributed by atoms with Crippen LogP contribution in [0.3, 0.4) is 0 Å². The van der Waals surface area contributed by atoms with Crippen molar-refractivity contribution in [3.63, 3.8) is 0 Å². The number of carbonyl (C=O) groups excluding carboxylic acids is 5. The Morgan fingerprint density at radius 1 is 1.07 bits per heavy atom. The summed E-state index contributed by atoms with van der Waals surface area (Å²) in [6, 6.07) is 6.24. The third-order valence-corrected chi connectivity index (χ3v) is 5.31. The van der Waals surface area contributed by atoms with Gasteiger partial charge in [-0.3, -0.25) is 28.9 Å². The van der Waals surface area contributed by atoms with E-state index in [1.54, 1.807) is 12.1 Å². The van der Waals surface area contributed by atoms with Gasteiger partial charge in [0.25, 0.3) is 0 Å². The normalized spacial score (nSPS) is 21.2. The maximum Gasteiger partial charge on any atom is 0.308 e. The molecule has 1 fully saturated rings. The molecule has 1 aromatic rings. The zero-order valence-electron chi connectivity index (χ0n) is 16.9. The van der Waals surface area contributed by atoms with E-state index in [-0.39, 0.29) is 48.3 Å². The highest BCUT2D eigenvalue weighted by atomic mass is 16.5. The summed E-state index contributed by atoms with van der Waals surface area (Å²) in [5, 5.41) is 2.60. The molecular weight excluding hydrogens is 388 g/mol. The Morgan fingerprint density at radius 3 is 2.17 bits per heavy atom. The molecule has 0 saturated carbocycles. The summed E-state index contributed by atoms with van der Waals surface area (Å²) >= 11 is 0. The molecule has 1 heterocycles. The molecule has 1 aliphatic carbocycles. The zero-order valence-corrected chi connectivity index (χ0v) is 16.9. The van der Waals surface area contributed by atoms with Crippen LogP contribution >= 0.6 is 0 Å². The lowest BCUT2D eigenvalue weighted by Crippen LogP contribution is -2.34. The Morgan fingerprint density at radius 2 is 1.63 bits per heavy atom. The van der Waals surface area contributed by atoms with Gasteiger partial charge in [-0.1, -0.05) is 12.2 Å². The number of nitrogens with zero attached hydrogens (tertiary/aromatic N) is 1. The second-order valence-electron chi connectivity index (χ2n) is 7.49. The van der Waals surface area contributed by atoms with Crippen LogP contribution in [0.1, 0.15) is 43.5 Å². The maximum atomic E-state index is 12.5. The molecule has 30 heavy (non-hydrogen) atoms. The van der Waals surface area contributed by atoms with Gasteiger partial charge in [0.15, 0.2) is 6.10 Å². The van der Waals surface area contributed by atoms with E-state index in [2.05, 4.69) is 5.32 Å². The van der Waals surface area contributed by atoms with Crippen molar-refractivity contribution in [2.75, 3.05) is 11.9 Å². The van der Waals surface area contributed by atoms with Crippen LogP contribution in [-0.4, -0.2) is 47.0 Å². The lowest BCUT2D eigenvalue weighted by molar-refractivity contribution is -0.148. The Labute approximate surface area is 174 Å². The van der Waals surface area contributed by atoms with Gasteiger partial charge in [0.1, 0.15) is 0 Å². The Hall–Kier alpha value is -3.29. The highest BCUT2D eigenvalue weighted by Gasteiger charge is 2.47. The predicted molar refractivity (Wildman–Crippen MR) is 107 cm³/mol. The van der Waals surface area contributed by atoms with Crippen molar-refractivity contribution in [2.24, 2.45) is 11.8 Å². The molecule has 0 aromatic heterocycles. The van der Waals surface area contributed by atoms with Gasteiger partial charge >= 0.3 is 5.97 Å². The lowest BCUT2D eigenvalue weighted by atomic mass is 9.85. The highest BCUT2D eigenvalue weighted by molar-refractivity contribution is 6.05. The van der Waals surface area contributed by atoms with Gasteiger partial charge in [-0.2, -0.15) is 0 Å². The smallest absolute Gasteiger partial charge is 0.308 e. The van der Waals surface area contributed by atoms with Crippen LogP contribution < -0.4 is 5.32 Å². The molecule has 3 rings (SSSR count). The number of ether oxygens (including phenoxy) is 1. The number of hydrogen-bond donors (Lipinski definition) is 1. The number of esters is 1. The van der Waals surface area contributed by atoms with E-state index in [1.807, 2.05) is 12.2 Å². The minimum absolute atomic E-state index is 0.0458. The highest BCUT2D eigenvalue weighted by Crippen LogP contribution is 2.35. The number of ketones is 1. The number of likely N-dealkylation sites (tertiary alicyclic amines) is 1. The van der Waals surface area contributed by atoms with E-state index in [0.29, 0.717) is 24.1 Å². The van der Waals surface area contributed by atoms with Gasteiger partial charge in [-0.25, -0.2) is 0 Å². The number of anilines is 1. The largest absolute Gasteiger partial charge is 0.454 e. The predicted octanol–water partition coefficient (Wildman–Crippen LogP) is 2.10. The average molecular weight is 412 g/mol. The monoisotopic (exact) mass is 412 g/mol. The summed E-state index contributed by atoms with van der Waals surface area (Å²) < 4.78 is 5.19. The van der Waals surface area contributed by atoms with Gasteiger partial charge in [-0.15, -0.1) is 0 Å². The van der Waals surface area contributed by atoms with E-state index in [4.69, 9.17) is 4.74 Å². The Balaban J connectivity index is 1.51. The quantitative estimate of drug-likeness (QED) is 0.318. The molecular formula is C22H24N2O6. The van der Waals surface area contributed by atoms with E-state index in [9.17, 15) is 24.0 Å². The minimum atomic E-state index is -1.01. The van der Waals surface area contributed by atoms with Crippen molar-refractivity contribution in [3.8, 4) is 0 Å². The van der Waals surface area contributed by atoms with Crippen LogP contribution in [0.25, 0.3) is 0 Å². The zero-order chi connectivity index (χ0) is 21.8. The molecule has 8 nitrogen and oxygen atoms in total.